The van der Waals surface area contributed by atoms with Crippen LogP contribution in [-0.2, 0) is 9.53 Å². The van der Waals surface area contributed by atoms with Gasteiger partial charge in [0.25, 0.3) is 0 Å². The molecule has 2 aliphatic heterocycles. The largest absolute Gasteiger partial charge is 0.353 e. The van der Waals surface area contributed by atoms with Gasteiger partial charge in [-0.15, -0.1) is 0 Å². The molecule has 0 spiro atoms. The van der Waals surface area contributed by atoms with Crippen LogP contribution in [-0.4, -0.2) is 62.4 Å². The molecular formula is C16H16Cl2N6O2S2. The molecule has 4 rings (SSSR count). The maximum Gasteiger partial charge on any atom is 0.240 e. The Kier molecular flexibility index (Phi) is 5.96. The van der Waals surface area contributed by atoms with Crippen LogP contribution in [0.25, 0.3) is 0 Å². The number of thioether (sulfide) groups is 2. The van der Waals surface area contributed by atoms with Crippen molar-refractivity contribution in [3.63, 3.8) is 0 Å². The van der Waals surface area contributed by atoms with Gasteiger partial charge in [-0.05, 0) is 12.5 Å². The summed E-state index contributed by atoms with van der Waals surface area (Å²) in [6.45, 7) is 1.11. The average molecular weight is 459 g/mol. The van der Waals surface area contributed by atoms with Crippen LogP contribution in [0, 0.1) is 0 Å². The van der Waals surface area contributed by atoms with E-state index in [1.54, 1.807) is 12.4 Å². The lowest BCUT2D eigenvalue weighted by Crippen LogP contribution is -2.54. The first-order valence-corrected chi connectivity index (χ1v) is 11.6. The SMILES string of the molecule is CSc1ncc(C2OC(c3cnc(SC)nc3Cl)N3CCNC(=O)C23)c(Cl)n1. The van der Waals surface area contributed by atoms with E-state index >= 15 is 0 Å². The fourth-order valence-corrected chi connectivity index (χ4v) is 4.57. The van der Waals surface area contributed by atoms with Crippen LogP contribution >= 0.6 is 46.7 Å². The summed E-state index contributed by atoms with van der Waals surface area (Å²) in [6, 6.07) is -0.573. The molecule has 0 aliphatic carbocycles. The fraction of sp³-hybridized carbons (Fsp3) is 0.438. The smallest absolute Gasteiger partial charge is 0.240 e. The number of ether oxygens (including phenoxy) is 1. The molecule has 4 heterocycles. The lowest BCUT2D eigenvalue weighted by Gasteiger charge is -2.32. The Morgan fingerprint density at radius 3 is 2.29 bits per heavy atom. The van der Waals surface area contributed by atoms with Crippen molar-refractivity contribution < 1.29 is 9.53 Å². The second-order valence-corrected chi connectivity index (χ2v) is 8.35. The zero-order valence-electron chi connectivity index (χ0n) is 14.9. The van der Waals surface area contributed by atoms with Crippen LogP contribution in [0.1, 0.15) is 23.5 Å². The summed E-state index contributed by atoms with van der Waals surface area (Å²) in [6.07, 6.45) is 5.80. The van der Waals surface area contributed by atoms with E-state index in [0.717, 1.165) is 0 Å². The third-order valence-electron chi connectivity index (χ3n) is 4.59. The number of halogens is 2. The van der Waals surface area contributed by atoms with Gasteiger partial charge in [0.2, 0.25) is 5.91 Å². The van der Waals surface area contributed by atoms with Gasteiger partial charge in [-0.3, -0.25) is 9.69 Å². The number of nitrogens with one attached hydrogen (secondary N) is 1. The molecule has 8 nitrogen and oxygen atoms in total. The Bertz CT molecular complexity index is 921. The van der Waals surface area contributed by atoms with Gasteiger partial charge in [0.15, 0.2) is 10.3 Å². The summed E-state index contributed by atoms with van der Waals surface area (Å²) in [7, 11) is 0. The summed E-state index contributed by atoms with van der Waals surface area (Å²) >= 11 is 15.6. The molecule has 148 valence electrons. The zero-order valence-corrected chi connectivity index (χ0v) is 18.1. The molecule has 3 unspecified atom stereocenters. The first-order chi connectivity index (χ1) is 13.5. The van der Waals surface area contributed by atoms with Gasteiger partial charge in [0.05, 0.1) is 5.56 Å². The zero-order chi connectivity index (χ0) is 19.8. The molecule has 28 heavy (non-hydrogen) atoms. The van der Waals surface area contributed by atoms with Crippen molar-refractivity contribution in [2.75, 3.05) is 25.6 Å². The number of rotatable bonds is 4. The Labute approximate surface area is 180 Å². The summed E-state index contributed by atoms with van der Waals surface area (Å²) < 4.78 is 6.28. The molecule has 0 radical (unpaired) electrons. The Morgan fingerprint density at radius 2 is 1.71 bits per heavy atom. The van der Waals surface area contributed by atoms with Crippen LogP contribution in [0.5, 0.6) is 0 Å². The summed E-state index contributed by atoms with van der Waals surface area (Å²) in [5.74, 6) is -0.137. The maximum atomic E-state index is 12.7. The summed E-state index contributed by atoms with van der Waals surface area (Å²) in [5.41, 5.74) is 1.17. The molecule has 2 aromatic rings. The van der Waals surface area contributed by atoms with Crippen molar-refractivity contribution in [3.8, 4) is 0 Å². The van der Waals surface area contributed by atoms with E-state index in [4.69, 9.17) is 27.9 Å². The molecular weight excluding hydrogens is 443 g/mol. The van der Waals surface area contributed by atoms with Crippen LogP contribution in [0.4, 0.5) is 0 Å². The molecule has 12 heteroatoms. The second-order valence-electron chi connectivity index (χ2n) is 6.09. The standard InChI is InChI=1S/C16H16Cl2N6O2S2/c1-27-15-20-5-7(11(17)22-15)10-9-13(25)19-3-4-24(9)14(26-10)8-6-21-16(28-2)23-12(8)18/h5-6,9-10,14H,3-4H2,1-2H3,(H,19,25). The van der Waals surface area contributed by atoms with E-state index < -0.39 is 18.4 Å². The van der Waals surface area contributed by atoms with Gasteiger partial charge in [0.1, 0.15) is 28.7 Å². The monoisotopic (exact) mass is 458 g/mol. The Morgan fingerprint density at radius 1 is 1.11 bits per heavy atom. The highest BCUT2D eigenvalue weighted by molar-refractivity contribution is 7.98. The van der Waals surface area contributed by atoms with Crippen molar-refractivity contribution >= 4 is 52.6 Å². The van der Waals surface area contributed by atoms with E-state index in [1.807, 2.05) is 17.4 Å². The number of aromatic nitrogens is 4. The van der Waals surface area contributed by atoms with Gasteiger partial charge in [-0.2, -0.15) is 0 Å². The first-order valence-electron chi connectivity index (χ1n) is 8.35. The van der Waals surface area contributed by atoms with Crippen LogP contribution in [0.15, 0.2) is 22.7 Å². The predicted molar refractivity (Wildman–Crippen MR) is 108 cm³/mol. The Balaban J connectivity index is 1.74. The summed E-state index contributed by atoms with van der Waals surface area (Å²) in [4.78, 5) is 31.8. The minimum atomic E-state index is -0.634. The van der Waals surface area contributed by atoms with Crippen LogP contribution in [0.3, 0.4) is 0 Å². The van der Waals surface area contributed by atoms with Gasteiger partial charge in [-0.1, -0.05) is 46.7 Å². The van der Waals surface area contributed by atoms with Gasteiger partial charge < -0.3 is 10.1 Å². The highest BCUT2D eigenvalue weighted by Crippen LogP contribution is 2.45. The van der Waals surface area contributed by atoms with E-state index in [0.29, 0.717) is 39.7 Å². The highest BCUT2D eigenvalue weighted by Gasteiger charge is 2.50. The predicted octanol–water partition coefficient (Wildman–Crippen LogP) is 2.59. The second kappa shape index (κ2) is 8.29. The molecule has 1 N–H and O–H groups in total. The van der Waals surface area contributed by atoms with E-state index in [1.165, 1.54) is 23.5 Å². The van der Waals surface area contributed by atoms with Crippen molar-refractivity contribution in [2.24, 2.45) is 0 Å². The average Bonchev–Trinajstić information content (AvgIpc) is 3.08. The van der Waals surface area contributed by atoms with Crippen LogP contribution < -0.4 is 5.32 Å². The number of nitrogens with zero attached hydrogens (tertiary/aromatic N) is 5. The molecule has 2 aromatic heterocycles. The third kappa shape index (κ3) is 3.57. The molecule has 2 saturated heterocycles. The molecule has 2 aliphatic rings. The maximum absolute atomic E-state index is 12.7. The van der Waals surface area contributed by atoms with Gasteiger partial charge in [0, 0.05) is 31.0 Å². The molecule has 0 bridgehead atoms. The number of carbonyl (C=O) groups excluding carboxylic acids is 1. The minimum Gasteiger partial charge on any atom is -0.353 e. The Hall–Kier alpha value is -1.17. The number of hydrogen-bond acceptors (Lipinski definition) is 9. The first kappa shape index (κ1) is 20.1. The fourth-order valence-electron chi connectivity index (χ4n) is 3.33. The number of fused-ring (bicyclic) bond motifs is 1. The summed E-state index contributed by atoms with van der Waals surface area (Å²) in [5, 5.41) is 4.57. The van der Waals surface area contributed by atoms with Crippen molar-refractivity contribution in [1.82, 2.24) is 30.2 Å². The topological polar surface area (TPSA) is 93.1 Å². The lowest BCUT2D eigenvalue weighted by atomic mass is 10.0. The molecule has 1 amide bonds. The molecule has 0 saturated carbocycles. The van der Waals surface area contributed by atoms with Gasteiger partial charge >= 0.3 is 0 Å². The minimum absolute atomic E-state index is 0.137. The normalized spacial score (nSPS) is 24.9. The van der Waals surface area contributed by atoms with Gasteiger partial charge in [-0.25, -0.2) is 19.9 Å². The number of carbonyl (C=O) groups is 1. The molecule has 2 fully saturated rings. The lowest BCUT2D eigenvalue weighted by molar-refractivity contribution is -0.128. The number of amides is 1. The van der Waals surface area contributed by atoms with Crippen LogP contribution in [0.2, 0.25) is 10.3 Å². The van der Waals surface area contributed by atoms with Crippen molar-refractivity contribution in [1.29, 1.82) is 0 Å². The molecule has 3 atom stereocenters. The highest BCUT2D eigenvalue weighted by atomic mass is 35.5. The van der Waals surface area contributed by atoms with Crippen molar-refractivity contribution in [2.45, 2.75) is 28.7 Å². The number of hydrogen-bond donors (Lipinski definition) is 1. The van der Waals surface area contributed by atoms with E-state index in [9.17, 15) is 4.79 Å². The third-order valence-corrected chi connectivity index (χ3v) is 6.32. The molecule has 0 aromatic carbocycles. The van der Waals surface area contributed by atoms with E-state index in [-0.39, 0.29) is 11.1 Å². The number of piperazine rings is 1. The van der Waals surface area contributed by atoms with Crippen molar-refractivity contribution in [3.05, 3.63) is 33.8 Å². The quantitative estimate of drug-likeness (QED) is 0.421. The van der Waals surface area contributed by atoms with E-state index in [2.05, 4.69) is 25.3 Å².